The number of hydrogen-bond donors (Lipinski definition) is 3. The third-order valence-corrected chi connectivity index (χ3v) is 2.88. The maximum absolute atomic E-state index is 11.3. The molecule has 1 unspecified atom stereocenters. The molecule has 0 saturated heterocycles. The first kappa shape index (κ1) is 12.4. The highest BCUT2D eigenvalue weighted by Crippen LogP contribution is 2.24. The molecule has 6 heteroatoms. The second-order valence-corrected chi connectivity index (χ2v) is 4.52. The molecule has 4 N–H and O–H groups in total. The number of imide groups is 1. The number of nitrogens with two attached hydrogens (primary N) is 1. The van der Waals surface area contributed by atoms with Crippen LogP contribution >= 0.6 is 11.8 Å². The first-order chi connectivity index (χ1) is 7.49. The molecule has 0 bridgehead atoms. The quantitative estimate of drug-likeness (QED) is 0.689. The highest BCUT2D eigenvalue weighted by atomic mass is 32.2. The minimum absolute atomic E-state index is 0.165. The highest BCUT2D eigenvalue weighted by Gasteiger charge is 2.15. The number of phenolic OH excluding ortho intramolecular Hbond substituents is 1. The largest absolute Gasteiger partial charge is 0.508 e. The molecule has 1 aromatic carbocycles. The van der Waals surface area contributed by atoms with E-state index in [-0.39, 0.29) is 5.75 Å². The summed E-state index contributed by atoms with van der Waals surface area (Å²) in [6.07, 6.45) is 0. The van der Waals surface area contributed by atoms with Crippen LogP contribution in [0, 0.1) is 0 Å². The standard InChI is InChI=1S/C10H12N2O3S/c1-6(9(14)12-10(11)15)16-8-4-2-7(13)3-5-8/h2-6,13H,1H3,(H3,11,12,14,15). The van der Waals surface area contributed by atoms with E-state index in [1.165, 1.54) is 23.9 Å². The first-order valence-electron chi connectivity index (χ1n) is 4.55. The smallest absolute Gasteiger partial charge is 0.318 e. The Labute approximate surface area is 97.0 Å². The zero-order valence-corrected chi connectivity index (χ0v) is 9.45. The third-order valence-electron chi connectivity index (χ3n) is 1.77. The van der Waals surface area contributed by atoms with Gasteiger partial charge in [0.1, 0.15) is 5.75 Å². The molecule has 86 valence electrons. The van der Waals surface area contributed by atoms with E-state index in [1.807, 2.05) is 5.32 Å². The van der Waals surface area contributed by atoms with Crippen molar-refractivity contribution >= 4 is 23.7 Å². The van der Waals surface area contributed by atoms with Gasteiger partial charge in [0.25, 0.3) is 0 Å². The van der Waals surface area contributed by atoms with Crippen molar-refractivity contribution in [2.75, 3.05) is 0 Å². The van der Waals surface area contributed by atoms with E-state index >= 15 is 0 Å². The summed E-state index contributed by atoms with van der Waals surface area (Å²) >= 11 is 1.27. The molecule has 3 amide bonds. The number of primary amides is 1. The van der Waals surface area contributed by atoms with Gasteiger partial charge in [-0.2, -0.15) is 0 Å². The summed E-state index contributed by atoms with van der Waals surface area (Å²) in [5.74, 6) is -0.274. The monoisotopic (exact) mass is 240 g/mol. The van der Waals surface area contributed by atoms with Crippen molar-refractivity contribution in [2.24, 2.45) is 5.73 Å². The van der Waals surface area contributed by atoms with Crippen LogP contribution in [0.5, 0.6) is 5.75 Å². The number of phenols is 1. The molecule has 0 fully saturated rings. The summed E-state index contributed by atoms with van der Waals surface area (Å²) in [6.45, 7) is 1.66. The van der Waals surface area contributed by atoms with Crippen LogP contribution in [-0.4, -0.2) is 22.3 Å². The van der Waals surface area contributed by atoms with Gasteiger partial charge in [0.2, 0.25) is 5.91 Å². The molecule has 1 rings (SSSR count). The fourth-order valence-electron chi connectivity index (χ4n) is 1.01. The minimum Gasteiger partial charge on any atom is -0.508 e. The van der Waals surface area contributed by atoms with Crippen LogP contribution < -0.4 is 11.1 Å². The van der Waals surface area contributed by atoms with Gasteiger partial charge in [-0.3, -0.25) is 10.1 Å². The average molecular weight is 240 g/mol. The lowest BCUT2D eigenvalue weighted by Gasteiger charge is -2.09. The van der Waals surface area contributed by atoms with Gasteiger partial charge in [-0.05, 0) is 31.2 Å². The molecule has 0 saturated carbocycles. The van der Waals surface area contributed by atoms with Crippen molar-refractivity contribution in [2.45, 2.75) is 17.1 Å². The lowest BCUT2D eigenvalue weighted by molar-refractivity contribution is -0.119. The van der Waals surface area contributed by atoms with Crippen molar-refractivity contribution in [3.63, 3.8) is 0 Å². The molecule has 0 aromatic heterocycles. The van der Waals surface area contributed by atoms with Gasteiger partial charge in [0.05, 0.1) is 5.25 Å². The number of rotatable bonds is 3. The number of carbonyl (C=O) groups is 2. The molecule has 0 aliphatic heterocycles. The fourth-order valence-corrected chi connectivity index (χ4v) is 1.87. The summed E-state index contributed by atoms with van der Waals surface area (Å²) in [5, 5.41) is 10.6. The number of aromatic hydroxyl groups is 1. The zero-order chi connectivity index (χ0) is 12.1. The van der Waals surface area contributed by atoms with Crippen LogP contribution in [0.3, 0.4) is 0 Å². The van der Waals surface area contributed by atoms with E-state index in [0.717, 1.165) is 4.90 Å². The molecule has 1 aromatic rings. The van der Waals surface area contributed by atoms with Gasteiger partial charge in [-0.1, -0.05) is 0 Å². The second kappa shape index (κ2) is 5.41. The van der Waals surface area contributed by atoms with E-state index in [1.54, 1.807) is 19.1 Å². The van der Waals surface area contributed by atoms with Crippen LogP contribution in [0.25, 0.3) is 0 Å². The van der Waals surface area contributed by atoms with E-state index in [2.05, 4.69) is 0 Å². The average Bonchev–Trinajstić information content (AvgIpc) is 2.20. The van der Waals surface area contributed by atoms with E-state index in [0.29, 0.717) is 0 Å². The lowest BCUT2D eigenvalue weighted by Crippen LogP contribution is -2.39. The van der Waals surface area contributed by atoms with E-state index in [4.69, 9.17) is 10.8 Å². The number of thioether (sulfide) groups is 1. The van der Waals surface area contributed by atoms with Crippen molar-refractivity contribution in [3.05, 3.63) is 24.3 Å². The minimum atomic E-state index is -0.858. The molecule has 1 atom stereocenters. The topological polar surface area (TPSA) is 92.4 Å². The van der Waals surface area contributed by atoms with Crippen molar-refractivity contribution in [3.8, 4) is 5.75 Å². The summed E-state index contributed by atoms with van der Waals surface area (Å²) in [5.41, 5.74) is 4.83. The third kappa shape index (κ3) is 3.82. The SMILES string of the molecule is CC(Sc1ccc(O)cc1)C(=O)NC(N)=O. The van der Waals surface area contributed by atoms with Gasteiger partial charge in [-0.25, -0.2) is 4.79 Å². The fraction of sp³-hybridized carbons (Fsp3) is 0.200. The van der Waals surface area contributed by atoms with Crippen LogP contribution in [0.15, 0.2) is 29.2 Å². The maximum Gasteiger partial charge on any atom is 0.318 e. The van der Waals surface area contributed by atoms with Crippen molar-refractivity contribution < 1.29 is 14.7 Å². The van der Waals surface area contributed by atoms with Crippen LogP contribution in [0.1, 0.15) is 6.92 Å². The molecule has 5 nitrogen and oxygen atoms in total. The van der Waals surface area contributed by atoms with Gasteiger partial charge >= 0.3 is 6.03 Å². The number of amides is 3. The molecule has 16 heavy (non-hydrogen) atoms. The normalized spacial score (nSPS) is 11.8. The zero-order valence-electron chi connectivity index (χ0n) is 8.64. The molecule has 0 spiro atoms. The van der Waals surface area contributed by atoms with E-state index < -0.39 is 17.2 Å². The second-order valence-electron chi connectivity index (χ2n) is 3.11. The van der Waals surface area contributed by atoms with Gasteiger partial charge in [0.15, 0.2) is 0 Å². The van der Waals surface area contributed by atoms with E-state index in [9.17, 15) is 9.59 Å². The predicted molar refractivity (Wildman–Crippen MR) is 61.2 cm³/mol. The van der Waals surface area contributed by atoms with Crippen molar-refractivity contribution in [1.82, 2.24) is 5.32 Å². The Morgan fingerprint density at radius 1 is 1.38 bits per heavy atom. The summed E-state index contributed by atoms with van der Waals surface area (Å²) in [4.78, 5) is 22.6. The summed E-state index contributed by atoms with van der Waals surface area (Å²) in [6, 6.07) is 5.58. The Bertz CT molecular complexity index is 392. The number of urea groups is 1. The Morgan fingerprint density at radius 3 is 2.44 bits per heavy atom. The Balaban J connectivity index is 2.57. The predicted octanol–water partition coefficient (Wildman–Crippen LogP) is 1.07. The number of carbonyl (C=O) groups excluding carboxylic acids is 2. The number of hydrogen-bond acceptors (Lipinski definition) is 4. The van der Waals surface area contributed by atoms with Crippen molar-refractivity contribution in [1.29, 1.82) is 0 Å². The van der Waals surface area contributed by atoms with Gasteiger partial charge in [-0.15, -0.1) is 11.8 Å². The number of benzene rings is 1. The summed E-state index contributed by atoms with van der Waals surface area (Å²) in [7, 11) is 0. The van der Waals surface area contributed by atoms with Gasteiger partial charge in [0, 0.05) is 4.90 Å². The molecular formula is C10H12N2O3S. The van der Waals surface area contributed by atoms with Crippen LogP contribution in [0.4, 0.5) is 4.79 Å². The molecule has 0 aliphatic carbocycles. The Hall–Kier alpha value is -1.69. The Morgan fingerprint density at radius 2 is 1.94 bits per heavy atom. The first-order valence-corrected chi connectivity index (χ1v) is 5.43. The number of nitrogens with one attached hydrogen (secondary N) is 1. The summed E-state index contributed by atoms with van der Waals surface area (Å²) < 4.78 is 0. The van der Waals surface area contributed by atoms with Crippen LogP contribution in [-0.2, 0) is 4.79 Å². The van der Waals surface area contributed by atoms with Crippen LogP contribution in [0.2, 0.25) is 0 Å². The highest BCUT2D eigenvalue weighted by molar-refractivity contribution is 8.00. The molecule has 0 heterocycles. The van der Waals surface area contributed by atoms with Gasteiger partial charge < -0.3 is 10.8 Å². The Kier molecular flexibility index (Phi) is 4.19. The molecular weight excluding hydrogens is 228 g/mol. The molecule has 0 radical (unpaired) electrons. The lowest BCUT2D eigenvalue weighted by atomic mass is 10.3. The maximum atomic E-state index is 11.3. The molecule has 0 aliphatic rings.